The van der Waals surface area contributed by atoms with Crippen molar-refractivity contribution < 1.29 is 0 Å². The van der Waals surface area contributed by atoms with Gasteiger partial charge in [-0.2, -0.15) is 0 Å². The highest BCUT2D eigenvalue weighted by Crippen LogP contribution is 2.30. The number of hydrogen-bond donors (Lipinski definition) is 2. The normalized spacial score (nSPS) is 19.8. The van der Waals surface area contributed by atoms with Gasteiger partial charge in [-0.3, -0.25) is 0 Å². The summed E-state index contributed by atoms with van der Waals surface area (Å²) in [6.07, 6.45) is 9.66. The van der Waals surface area contributed by atoms with E-state index in [1.807, 2.05) is 0 Å². The zero-order valence-corrected chi connectivity index (χ0v) is 9.16. The van der Waals surface area contributed by atoms with Crippen molar-refractivity contribution in [2.75, 3.05) is 11.1 Å². The number of hydrogen-bond acceptors (Lipinski definition) is 4. The quantitative estimate of drug-likeness (QED) is 0.778. The SMILES string of the molecule is CC1(Nc2cnc(N)cn2)CCCCC1. The van der Waals surface area contributed by atoms with Crippen molar-refractivity contribution in [1.82, 2.24) is 9.97 Å². The van der Waals surface area contributed by atoms with Crippen molar-refractivity contribution >= 4 is 11.6 Å². The minimum absolute atomic E-state index is 0.184. The lowest BCUT2D eigenvalue weighted by molar-refractivity contribution is 0.348. The molecule has 1 heterocycles. The number of nitrogens with one attached hydrogen (secondary N) is 1. The van der Waals surface area contributed by atoms with Crippen molar-refractivity contribution in [1.29, 1.82) is 0 Å². The maximum atomic E-state index is 5.49. The topological polar surface area (TPSA) is 63.8 Å². The molecule has 3 N–H and O–H groups in total. The van der Waals surface area contributed by atoms with E-state index in [-0.39, 0.29) is 5.54 Å². The minimum Gasteiger partial charge on any atom is -0.382 e. The van der Waals surface area contributed by atoms with Gasteiger partial charge < -0.3 is 11.1 Å². The Bertz CT molecular complexity index is 314. The van der Waals surface area contributed by atoms with E-state index in [4.69, 9.17) is 5.73 Å². The Kier molecular flexibility index (Phi) is 2.75. The summed E-state index contributed by atoms with van der Waals surface area (Å²) in [4.78, 5) is 8.25. The van der Waals surface area contributed by atoms with Gasteiger partial charge in [0.2, 0.25) is 0 Å². The average molecular weight is 206 g/mol. The highest BCUT2D eigenvalue weighted by Gasteiger charge is 2.26. The lowest BCUT2D eigenvalue weighted by atomic mass is 9.83. The van der Waals surface area contributed by atoms with Gasteiger partial charge in [-0.1, -0.05) is 19.3 Å². The van der Waals surface area contributed by atoms with Gasteiger partial charge in [0.05, 0.1) is 12.4 Å². The molecule has 2 rings (SSSR count). The summed E-state index contributed by atoms with van der Waals surface area (Å²) in [6.45, 7) is 2.25. The van der Waals surface area contributed by atoms with E-state index in [1.165, 1.54) is 32.1 Å². The molecule has 1 fully saturated rings. The van der Waals surface area contributed by atoms with Crippen molar-refractivity contribution in [2.45, 2.75) is 44.6 Å². The largest absolute Gasteiger partial charge is 0.382 e. The molecular formula is C11H18N4. The van der Waals surface area contributed by atoms with E-state index < -0.39 is 0 Å². The molecule has 0 bridgehead atoms. The van der Waals surface area contributed by atoms with Crippen LogP contribution in [0.1, 0.15) is 39.0 Å². The predicted molar refractivity (Wildman–Crippen MR) is 61.6 cm³/mol. The molecule has 0 aliphatic heterocycles. The lowest BCUT2D eigenvalue weighted by Gasteiger charge is -2.34. The maximum Gasteiger partial charge on any atom is 0.145 e. The molecule has 4 nitrogen and oxygen atoms in total. The zero-order chi connectivity index (χ0) is 10.7. The Hall–Kier alpha value is -1.32. The third-order valence-electron chi connectivity index (χ3n) is 3.06. The summed E-state index contributed by atoms with van der Waals surface area (Å²) < 4.78 is 0. The lowest BCUT2D eigenvalue weighted by Crippen LogP contribution is -2.37. The second kappa shape index (κ2) is 4.04. The first-order chi connectivity index (χ1) is 7.18. The van der Waals surface area contributed by atoms with E-state index in [0.29, 0.717) is 5.82 Å². The first-order valence-corrected chi connectivity index (χ1v) is 5.54. The van der Waals surface area contributed by atoms with Crippen LogP contribution in [0.25, 0.3) is 0 Å². The maximum absolute atomic E-state index is 5.49. The molecule has 1 aliphatic carbocycles. The van der Waals surface area contributed by atoms with Gasteiger partial charge in [0.25, 0.3) is 0 Å². The molecule has 4 heteroatoms. The zero-order valence-electron chi connectivity index (χ0n) is 9.16. The average Bonchev–Trinajstić information content (AvgIpc) is 2.22. The molecule has 1 aliphatic rings. The molecule has 15 heavy (non-hydrogen) atoms. The molecule has 1 aromatic heterocycles. The number of nitrogens with zero attached hydrogens (tertiary/aromatic N) is 2. The molecule has 82 valence electrons. The van der Waals surface area contributed by atoms with Crippen LogP contribution in [0.2, 0.25) is 0 Å². The second-order valence-corrected chi connectivity index (χ2v) is 4.57. The van der Waals surface area contributed by atoms with Crippen LogP contribution < -0.4 is 11.1 Å². The smallest absolute Gasteiger partial charge is 0.145 e. The fraction of sp³-hybridized carbons (Fsp3) is 0.636. The summed E-state index contributed by atoms with van der Waals surface area (Å²) in [5, 5.41) is 3.46. The Balaban J connectivity index is 2.03. The Morgan fingerprint density at radius 3 is 2.53 bits per heavy atom. The molecule has 1 aromatic rings. The van der Waals surface area contributed by atoms with Gasteiger partial charge in [0.15, 0.2) is 0 Å². The fourth-order valence-electron chi connectivity index (χ4n) is 2.17. The van der Waals surface area contributed by atoms with Crippen molar-refractivity contribution in [2.24, 2.45) is 0 Å². The number of anilines is 2. The monoisotopic (exact) mass is 206 g/mol. The highest BCUT2D eigenvalue weighted by molar-refractivity contribution is 5.38. The molecule has 0 saturated heterocycles. The van der Waals surface area contributed by atoms with Gasteiger partial charge in [-0.05, 0) is 19.8 Å². The molecule has 0 spiro atoms. The number of rotatable bonds is 2. The molecule has 0 aromatic carbocycles. The van der Waals surface area contributed by atoms with E-state index in [1.54, 1.807) is 12.4 Å². The predicted octanol–water partition coefficient (Wildman–Crippen LogP) is 2.19. The van der Waals surface area contributed by atoms with Crippen LogP contribution in [-0.2, 0) is 0 Å². The highest BCUT2D eigenvalue weighted by atomic mass is 15.1. The molecule has 0 amide bonds. The van der Waals surface area contributed by atoms with Crippen LogP contribution in [0, 0.1) is 0 Å². The molecule has 0 unspecified atom stereocenters. The van der Waals surface area contributed by atoms with Crippen molar-refractivity contribution in [3.8, 4) is 0 Å². The Morgan fingerprint density at radius 1 is 1.20 bits per heavy atom. The first-order valence-electron chi connectivity index (χ1n) is 5.54. The molecule has 0 radical (unpaired) electrons. The summed E-state index contributed by atoms with van der Waals surface area (Å²) in [7, 11) is 0. The van der Waals surface area contributed by atoms with Crippen LogP contribution in [0.4, 0.5) is 11.6 Å². The summed E-state index contributed by atoms with van der Waals surface area (Å²) in [5.74, 6) is 1.29. The Morgan fingerprint density at radius 2 is 1.93 bits per heavy atom. The first kappa shape index (κ1) is 10.2. The molecule has 0 atom stereocenters. The minimum atomic E-state index is 0.184. The van der Waals surface area contributed by atoms with Crippen LogP contribution >= 0.6 is 0 Å². The second-order valence-electron chi connectivity index (χ2n) is 4.57. The van der Waals surface area contributed by atoms with Crippen LogP contribution in [0.5, 0.6) is 0 Å². The Labute approximate surface area is 90.3 Å². The van der Waals surface area contributed by atoms with E-state index in [9.17, 15) is 0 Å². The summed E-state index contributed by atoms with van der Waals surface area (Å²) in [6, 6.07) is 0. The van der Waals surface area contributed by atoms with Gasteiger partial charge >= 0.3 is 0 Å². The third-order valence-corrected chi connectivity index (χ3v) is 3.06. The molecule has 1 saturated carbocycles. The van der Waals surface area contributed by atoms with Gasteiger partial charge in [0.1, 0.15) is 11.6 Å². The van der Waals surface area contributed by atoms with E-state index >= 15 is 0 Å². The standard InChI is InChI=1S/C11H18N4/c1-11(5-3-2-4-6-11)15-10-8-13-9(12)7-14-10/h7-8H,2-6H2,1H3,(H2,12,13)(H,14,15). The van der Waals surface area contributed by atoms with Crippen molar-refractivity contribution in [3.63, 3.8) is 0 Å². The number of nitrogens with two attached hydrogens (primary N) is 1. The van der Waals surface area contributed by atoms with E-state index in [0.717, 1.165) is 5.82 Å². The van der Waals surface area contributed by atoms with Crippen molar-refractivity contribution in [3.05, 3.63) is 12.4 Å². The fourth-order valence-corrected chi connectivity index (χ4v) is 2.17. The van der Waals surface area contributed by atoms with Crippen LogP contribution in [-0.4, -0.2) is 15.5 Å². The summed E-state index contributed by atoms with van der Waals surface area (Å²) >= 11 is 0. The summed E-state index contributed by atoms with van der Waals surface area (Å²) in [5.41, 5.74) is 5.67. The van der Waals surface area contributed by atoms with Crippen LogP contribution in [0.15, 0.2) is 12.4 Å². The number of aromatic nitrogens is 2. The van der Waals surface area contributed by atoms with Crippen LogP contribution in [0.3, 0.4) is 0 Å². The number of nitrogen functional groups attached to an aromatic ring is 1. The van der Waals surface area contributed by atoms with Gasteiger partial charge in [0, 0.05) is 5.54 Å². The molecular weight excluding hydrogens is 188 g/mol. The van der Waals surface area contributed by atoms with Gasteiger partial charge in [-0.25, -0.2) is 9.97 Å². The van der Waals surface area contributed by atoms with E-state index in [2.05, 4.69) is 22.2 Å². The van der Waals surface area contributed by atoms with Gasteiger partial charge in [-0.15, -0.1) is 0 Å². The third kappa shape index (κ3) is 2.58.